The number of hydrogen-bond donors (Lipinski definition) is 0. The van der Waals surface area contributed by atoms with Crippen LogP contribution in [0.3, 0.4) is 0 Å². The van der Waals surface area contributed by atoms with Crippen molar-refractivity contribution in [2.45, 2.75) is 46.6 Å². The number of allylic oxidation sites excluding steroid dienone is 1. The van der Waals surface area contributed by atoms with Crippen LogP contribution in [0.15, 0.2) is 74.1 Å². The van der Waals surface area contributed by atoms with Crippen LogP contribution in [0.2, 0.25) is 5.02 Å². The summed E-state index contributed by atoms with van der Waals surface area (Å²) >= 11 is 11.3. The highest BCUT2D eigenvalue weighted by Crippen LogP contribution is 2.38. The van der Waals surface area contributed by atoms with Crippen LogP contribution in [-0.2, 0) is 9.53 Å². The zero-order chi connectivity index (χ0) is 30.1. The smallest absolute Gasteiger partial charge is 0.338 e. The quantitative estimate of drug-likeness (QED) is 0.204. The highest BCUT2D eigenvalue weighted by molar-refractivity contribution is 9.10. The SMILES string of the molecule is CCCC1=C(C(=O)OCC)[C@H](c2cc(Cl)ccc2OC)n2c(s/c(=C/c3cc(C)n(-c4ccc(Br)cc4)c3C)c2=O)=N1. The molecular weight excluding hydrogens is 638 g/mol. The van der Waals surface area contributed by atoms with Crippen LogP contribution in [0, 0.1) is 13.8 Å². The van der Waals surface area contributed by atoms with Gasteiger partial charge in [0.15, 0.2) is 4.80 Å². The van der Waals surface area contributed by atoms with Gasteiger partial charge in [-0.25, -0.2) is 9.79 Å². The van der Waals surface area contributed by atoms with E-state index in [0.717, 1.165) is 33.5 Å². The molecule has 0 bridgehead atoms. The normalized spacial score (nSPS) is 15.0. The zero-order valence-corrected chi connectivity index (χ0v) is 27.2. The Labute approximate surface area is 261 Å². The van der Waals surface area contributed by atoms with Crippen LogP contribution in [0.5, 0.6) is 5.75 Å². The molecule has 2 aromatic carbocycles. The average Bonchev–Trinajstić information content (AvgIpc) is 3.42. The van der Waals surface area contributed by atoms with Crippen LogP contribution in [-0.4, -0.2) is 28.8 Å². The van der Waals surface area contributed by atoms with Gasteiger partial charge in [0.25, 0.3) is 5.56 Å². The molecule has 2 aromatic heterocycles. The molecule has 5 rings (SSSR count). The molecule has 0 N–H and O–H groups in total. The molecule has 0 saturated carbocycles. The van der Waals surface area contributed by atoms with Crippen LogP contribution >= 0.6 is 38.9 Å². The van der Waals surface area contributed by atoms with Gasteiger partial charge in [-0.2, -0.15) is 0 Å². The van der Waals surface area contributed by atoms with Gasteiger partial charge in [-0.3, -0.25) is 9.36 Å². The third-order valence-electron chi connectivity index (χ3n) is 7.22. The van der Waals surface area contributed by atoms with E-state index >= 15 is 0 Å². The Morgan fingerprint density at radius 2 is 1.88 bits per heavy atom. The maximum absolute atomic E-state index is 14.2. The number of rotatable bonds is 8. The van der Waals surface area contributed by atoms with Crippen molar-refractivity contribution >= 4 is 50.9 Å². The Bertz CT molecular complexity index is 1890. The monoisotopic (exact) mass is 667 g/mol. The minimum Gasteiger partial charge on any atom is -0.496 e. The fourth-order valence-electron chi connectivity index (χ4n) is 5.40. The Morgan fingerprint density at radius 3 is 2.55 bits per heavy atom. The Hall–Kier alpha value is -3.40. The van der Waals surface area contributed by atoms with Crippen LogP contribution in [0.4, 0.5) is 0 Å². The molecule has 218 valence electrons. The highest BCUT2D eigenvalue weighted by atomic mass is 79.9. The van der Waals surface area contributed by atoms with Gasteiger partial charge >= 0.3 is 5.97 Å². The number of ether oxygens (including phenoxy) is 2. The van der Waals surface area contributed by atoms with E-state index in [0.29, 0.717) is 43.4 Å². The summed E-state index contributed by atoms with van der Waals surface area (Å²) in [6, 6.07) is 14.6. The second-order valence-electron chi connectivity index (χ2n) is 9.94. The van der Waals surface area contributed by atoms with Gasteiger partial charge in [0.2, 0.25) is 0 Å². The maximum Gasteiger partial charge on any atom is 0.338 e. The molecule has 1 aliphatic rings. The molecule has 0 aliphatic carbocycles. The van der Waals surface area contributed by atoms with E-state index in [1.807, 2.05) is 51.1 Å². The van der Waals surface area contributed by atoms with E-state index in [1.165, 1.54) is 11.3 Å². The molecular formula is C32H31BrClN3O4S. The van der Waals surface area contributed by atoms with E-state index in [4.69, 9.17) is 26.1 Å². The summed E-state index contributed by atoms with van der Waals surface area (Å²) in [5.74, 6) is 0.000576. The molecule has 0 spiro atoms. The average molecular weight is 669 g/mol. The predicted molar refractivity (Wildman–Crippen MR) is 171 cm³/mol. The first-order valence-corrected chi connectivity index (χ1v) is 15.7. The van der Waals surface area contributed by atoms with E-state index in [1.54, 1.807) is 36.8 Å². The van der Waals surface area contributed by atoms with Gasteiger partial charge < -0.3 is 14.0 Å². The Morgan fingerprint density at radius 1 is 1.14 bits per heavy atom. The number of halogens is 2. The standard InChI is InChI=1S/C32H31BrClN3O4S/c1-6-8-25-28(31(39)41-7-2)29(24-17-22(34)11-14-26(24)40-5)37-30(38)27(42-32(37)35-25)16-20-15-18(3)36(19(20)4)23-12-9-21(33)10-13-23/h9-17,29H,6-8H2,1-5H3/b27-16+/t29-/m0/s1. The van der Waals surface area contributed by atoms with Crippen molar-refractivity contribution in [3.05, 3.63) is 111 Å². The van der Waals surface area contributed by atoms with Crippen molar-refractivity contribution in [1.29, 1.82) is 0 Å². The largest absolute Gasteiger partial charge is 0.496 e. The Balaban J connectivity index is 1.76. The molecule has 10 heteroatoms. The summed E-state index contributed by atoms with van der Waals surface area (Å²) in [5, 5.41) is 0.463. The lowest BCUT2D eigenvalue weighted by Crippen LogP contribution is -2.40. The molecule has 1 aliphatic heterocycles. The van der Waals surface area contributed by atoms with Gasteiger partial charge in [0, 0.05) is 32.1 Å². The summed E-state index contributed by atoms with van der Waals surface area (Å²) < 4.78 is 16.4. The molecule has 0 fully saturated rings. The molecule has 4 aromatic rings. The van der Waals surface area contributed by atoms with Crippen molar-refractivity contribution in [3.63, 3.8) is 0 Å². The van der Waals surface area contributed by atoms with Crippen LogP contribution in [0.1, 0.15) is 55.2 Å². The fraction of sp³-hybridized carbons (Fsp3) is 0.281. The number of nitrogens with zero attached hydrogens (tertiary/aromatic N) is 3. The van der Waals surface area contributed by atoms with E-state index < -0.39 is 12.0 Å². The minimum absolute atomic E-state index is 0.194. The molecule has 0 unspecified atom stereocenters. The number of carbonyl (C=O) groups excluding carboxylic acids is 1. The topological polar surface area (TPSA) is 74.8 Å². The molecule has 7 nitrogen and oxygen atoms in total. The molecule has 3 heterocycles. The van der Waals surface area contributed by atoms with E-state index in [9.17, 15) is 9.59 Å². The number of carbonyl (C=O) groups is 1. The van der Waals surface area contributed by atoms with Crippen molar-refractivity contribution < 1.29 is 14.3 Å². The highest BCUT2D eigenvalue weighted by Gasteiger charge is 2.36. The predicted octanol–water partition coefficient (Wildman–Crippen LogP) is 6.41. The number of aromatic nitrogens is 2. The summed E-state index contributed by atoms with van der Waals surface area (Å²) in [5.41, 5.74) is 5.28. The van der Waals surface area contributed by atoms with Gasteiger partial charge in [0.05, 0.1) is 29.5 Å². The number of aryl methyl sites for hydroxylation is 1. The lowest BCUT2D eigenvalue weighted by atomic mass is 9.93. The molecule has 1 atom stereocenters. The minimum atomic E-state index is -0.812. The lowest BCUT2D eigenvalue weighted by molar-refractivity contribution is -0.139. The number of thiazole rings is 1. The number of fused-ring (bicyclic) bond motifs is 1. The van der Waals surface area contributed by atoms with Crippen molar-refractivity contribution in [1.82, 2.24) is 9.13 Å². The first kappa shape index (κ1) is 30.1. The fourth-order valence-corrected chi connectivity index (χ4v) is 6.85. The third-order valence-corrected chi connectivity index (χ3v) is 8.97. The summed E-state index contributed by atoms with van der Waals surface area (Å²) in [4.78, 5) is 33.0. The van der Waals surface area contributed by atoms with Gasteiger partial charge in [-0.05, 0) is 87.4 Å². The van der Waals surface area contributed by atoms with Crippen molar-refractivity contribution in [2.24, 2.45) is 4.99 Å². The summed E-state index contributed by atoms with van der Waals surface area (Å²) in [6.45, 7) is 8.06. The van der Waals surface area contributed by atoms with Crippen LogP contribution < -0.4 is 19.6 Å². The Kier molecular flexibility index (Phi) is 8.92. The van der Waals surface area contributed by atoms with E-state index in [-0.39, 0.29) is 12.2 Å². The molecule has 0 radical (unpaired) electrons. The molecule has 0 saturated heterocycles. The van der Waals surface area contributed by atoms with Crippen molar-refractivity contribution in [2.75, 3.05) is 13.7 Å². The first-order valence-electron chi connectivity index (χ1n) is 13.7. The molecule has 0 amide bonds. The third kappa shape index (κ3) is 5.53. The van der Waals surface area contributed by atoms with E-state index in [2.05, 4.69) is 26.6 Å². The number of methoxy groups -OCH3 is 1. The van der Waals surface area contributed by atoms with Gasteiger partial charge in [-0.1, -0.05) is 52.2 Å². The first-order chi connectivity index (χ1) is 20.2. The zero-order valence-electron chi connectivity index (χ0n) is 24.0. The molecule has 42 heavy (non-hydrogen) atoms. The number of esters is 1. The number of benzene rings is 2. The van der Waals surface area contributed by atoms with Crippen molar-refractivity contribution in [3.8, 4) is 11.4 Å². The van der Waals surface area contributed by atoms with Gasteiger partial charge in [0.1, 0.15) is 11.8 Å². The van der Waals surface area contributed by atoms with Crippen LogP contribution in [0.25, 0.3) is 11.8 Å². The second kappa shape index (κ2) is 12.5. The summed E-state index contributed by atoms with van der Waals surface area (Å²) in [6.07, 6.45) is 3.21. The lowest BCUT2D eigenvalue weighted by Gasteiger charge is -2.27. The maximum atomic E-state index is 14.2. The number of hydrogen-bond acceptors (Lipinski definition) is 6. The summed E-state index contributed by atoms with van der Waals surface area (Å²) in [7, 11) is 1.55. The second-order valence-corrected chi connectivity index (χ2v) is 12.3. The van der Waals surface area contributed by atoms with Gasteiger partial charge in [-0.15, -0.1) is 0 Å².